The minimum atomic E-state index is 1.08. The highest BCUT2D eigenvalue weighted by Crippen LogP contribution is 2.22. The van der Waals surface area contributed by atoms with E-state index in [0.717, 1.165) is 5.69 Å². The maximum absolute atomic E-state index is 4.34. The Labute approximate surface area is 75.5 Å². The van der Waals surface area contributed by atoms with Gasteiger partial charge in [0.15, 0.2) is 0 Å². The van der Waals surface area contributed by atoms with Crippen molar-refractivity contribution < 1.29 is 0 Å². The molecule has 0 aliphatic heterocycles. The first-order chi connectivity index (χ1) is 5.92. The fourth-order valence-electron chi connectivity index (χ4n) is 1.18. The molecule has 1 aromatic carbocycles. The molecule has 0 amide bonds. The van der Waals surface area contributed by atoms with Crippen molar-refractivity contribution in [3.8, 4) is 0 Å². The lowest BCUT2D eigenvalue weighted by molar-refractivity contribution is 1.53. The zero-order valence-corrected chi connectivity index (χ0v) is 7.64. The third kappa shape index (κ3) is 1.14. The van der Waals surface area contributed by atoms with Crippen molar-refractivity contribution in [3.63, 3.8) is 0 Å². The number of rotatable bonds is 1. The molecule has 0 aliphatic rings. The highest BCUT2D eigenvalue weighted by molar-refractivity contribution is 7.13. The van der Waals surface area contributed by atoms with E-state index in [4.69, 9.17) is 0 Å². The van der Waals surface area contributed by atoms with Gasteiger partial charge in [-0.15, -0.1) is 0 Å². The van der Waals surface area contributed by atoms with E-state index < -0.39 is 0 Å². The fraction of sp³-hybridized carbons (Fsp3) is 0.100. The first-order valence-corrected chi connectivity index (χ1v) is 4.66. The summed E-state index contributed by atoms with van der Waals surface area (Å²) in [6.45, 7) is 2.01. The van der Waals surface area contributed by atoms with Gasteiger partial charge in [-0.2, -0.15) is 4.37 Å². The number of hydrogen-bond acceptors (Lipinski definition) is 2. The quantitative estimate of drug-likeness (QED) is 0.647. The zero-order chi connectivity index (χ0) is 8.39. The first-order valence-electron chi connectivity index (χ1n) is 3.89. The summed E-state index contributed by atoms with van der Waals surface area (Å²) in [5.74, 6) is 0. The van der Waals surface area contributed by atoms with E-state index in [0.29, 0.717) is 0 Å². The molecule has 1 heterocycles. The summed E-state index contributed by atoms with van der Waals surface area (Å²) in [5, 5.41) is 1.25. The molecule has 0 aliphatic carbocycles. The van der Waals surface area contributed by atoms with Crippen LogP contribution in [-0.4, -0.2) is 4.37 Å². The van der Waals surface area contributed by atoms with Gasteiger partial charge in [0.05, 0.1) is 10.4 Å². The molecule has 2 aromatic rings. The van der Waals surface area contributed by atoms with Gasteiger partial charge in [-0.3, -0.25) is 0 Å². The Morgan fingerprint density at radius 1 is 1.33 bits per heavy atom. The standard InChI is InChI=1S/C10H9NS/c1-2-5-9-8-6-3-4-7-10(8)12-11-9/h2-7H,1H3/b5-2+. The molecule has 0 saturated carbocycles. The van der Waals surface area contributed by atoms with Gasteiger partial charge in [0.1, 0.15) is 0 Å². The van der Waals surface area contributed by atoms with E-state index >= 15 is 0 Å². The number of benzene rings is 1. The molecule has 0 spiro atoms. The van der Waals surface area contributed by atoms with Crippen LogP contribution in [0.1, 0.15) is 12.6 Å². The lowest BCUT2D eigenvalue weighted by atomic mass is 10.2. The van der Waals surface area contributed by atoms with Gasteiger partial charge in [0, 0.05) is 5.39 Å². The minimum Gasteiger partial charge on any atom is -0.192 e. The Bertz CT molecular complexity index is 414. The minimum absolute atomic E-state index is 1.08. The summed E-state index contributed by atoms with van der Waals surface area (Å²) in [6, 6.07) is 8.29. The molecule has 2 rings (SSSR count). The third-order valence-electron chi connectivity index (χ3n) is 1.73. The van der Waals surface area contributed by atoms with Crippen LogP contribution in [0.15, 0.2) is 30.3 Å². The van der Waals surface area contributed by atoms with Crippen molar-refractivity contribution in [2.75, 3.05) is 0 Å². The number of allylic oxidation sites excluding steroid dienone is 1. The number of aromatic nitrogens is 1. The second-order valence-corrected chi connectivity index (χ2v) is 3.37. The molecule has 0 fully saturated rings. The van der Waals surface area contributed by atoms with Crippen LogP contribution in [0.2, 0.25) is 0 Å². The van der Waals surface area contributed by atoms with E-state index in [9.17, 15) is 0 Å². The lowest BCUT2D eigenvalue weighted by Crippen LogP contribution is -1.69. The van der Waals surface area contributed by atoms with E-state index in [-0.39, 0.29) is 0 Å². The topological polar surface area (TPSA) is 12.9 Å². The van der Waals surface area contributed by atoms with E-state index in [2.05, 4.69) is 16.5 Å². The predicted molar refractivity (Wildman–Crippen MR) is 54.3 cm³/mol. The van der Waals surface area contributed by atoms with Crippen LogP contribution in [-0.2, 0) is 0 Å². The largest absolute Gasteiger partial charge is 0.192 e. The average Bonchev–Trinajstić information content (AvgIpc) is 2.50. The van der Waals surface area contributed by atoms with E-state index in [1.54, 1.807) is 11.5 Å². The molecule has 1 nitrogen and oxygen atoms in total. The molecular weight excluding hydrogens is 166 g/mol. The monoisotopic (exact) mass is 175 g/mol. The highest BCUT2D eigenvalue weighted by atomic mass is 32.1. The Kier molecular flexibility index (Phi) is 1.92. The molecular formula is C10H9NS. The SMILES string of the molecule is C/C=C/c1nsc2ccccc12. The average molecular weight is 175 g/mol. The van der Waals surface area contributed by atoms with Crippen LogP contribution in [0.4, 0.5) is 0 Å². The van der Waals surface area contributed by atoms with Crippen molar-refractivity contribution in [2.45, 2.75) is 6.92 Å². The van der Waals surface area contributed by atoms with Crippen LogP contribution in [0.5, 0.6) is 0 Å². The third-order valence-corrected chi connectivity index (χ3v) is 2.57. The molecule has 60 valence electrons. The van der Waals surface area contributed by atoms with Crippen LogP contribution < -0.4 is 0 Å². The highest BCUT2D eigenvalue weighted by Gasteiger charge is 1.99. The van der Waals surface area contributed by atoms with E-state index in [1.807, 2.05) is 31.2 Å². The summed E-state index contributed by atoms with van der Waals surface area (Å²) in [4.78, 5) is 0. The van der Waals surface area contributed by atoms with Crippen molar-refractivity contribution >= 4 is 27.7 Å². The molecule has 0 unspecified atom stereocenters. The van der Waals surface area contributed by atoms with E-state index in [1.165, 1.54) is 10.1 Å². The number of hydrogen-bond donors (Lipinski definition) is 0. The molecule has 1 aromatic heterocycles. The Hall–Kier alpha value is -1.15. The maximum Gasteiger partial charge on any atom is 0.0843 e. The molecule has 0 saturated heterocycles. The van der Waals surface area contributed by atoms with Crippen LogP contribution in [0, 0.1) is 0 Å². The van der Waals surface area contributed by atoms with Crippen LogP contribution in [0.25, 0.3) is 16.2 Å². The smallest absolute Gasteiger partial charge is 0.0843 e. The summed E-state index contributed by atoms with van der Waals surface area (Å²) < 4.78 is 5.60. The fourth-order valence-corrected chi connectivity index (χ4v) is 1.95. The molecule has 0 atom stereocenters. The molecule has 12 heavy (non-hydrogen) atoms. The first kappa shape index (κ1) is 7.50. The van der Waals surface area contributed by atoms with Gasteiger partial charge in [-0.25, -0.2) is 0 Å². The van der Waals surface area contributed by atoms with Crippen LogP contribution >= 0.6 is 11.5 Å². The Morgan fingerprint density at radius 3 is 3.00 bits per heavy atom. The summed E-state index contributed by atoms with van der Waals surface area (Å²) >= 11 is 1.55. The van der Waals surface area contributed by atoms with Crippen LogP contribution in [0.3, 0.4) is 0 Å². The second-order valence-electron chi connectivity index (χ2n) is 2.56. The Balaban J connectivity index is 2.70. The van der Waals surface area contributed by atoms with Crippen molar-refractivity contribution in [1.82, 2.24) is 4.37 Å². The molecule has 0 N–H and O–H groups in total. The summed E-state index contributed by atoms with van der Waals surface area (Å²) in [7, 11) is 0. The predicted octanol–water partition coefficient (Wildman–Crippen LogP) is 3.33. The van der Waals surface area contributed by atoms with Gasteiger partial charge < -0.3 is 0 Å². The lowest BCUT2D eigenvalue weighted by Gasteiger charge is -1.86. The Morgan fingerprint density at radius 2 is 2.17 bits per heavy atom. The number of nitrogens with zero attached hydrogens (tertiary/aromatic N) is 1. The van der Waals surface area contributed by atoms with Gasteiger partial charge in [-0.05, 0) is 30.6 Å². The van der Waals surface area contributed by atoms with Crippen molar-refractivity contribution in [3.05, 3.63) is 36.0 Å². The van der Waals surface area contributed by atoms with Crippen molar-refractivity contribution in [1.29, 1.82) is 0 Å². The van der Waals surface area contributed by atoms with Crippen molar-refractivity contribution in [2.24, 2.45) is 0 Å². The molecule has 2 heteroatoms. The van der Waals surface area contributed by atoms with Gasteiger partial charge in [0.2, 0.25) is 0 Å². The molecule has 0 bridgehead atoms. The molecule has 0 radical (unpaired) electrons. The zero-order valence-electron chi connectivity index (χ0n) is 6.82. The van der Waals surface area contributed by atoms with Gasteiger partial charge in [-0.1, -0.05) is 24.3 Å². The van der Waals surface area contributed by atoms with Gasteiger partial charge in [0.25, 0.3) is 0 Å². The summed E-state index contributed by atoms with van der Waals surface area (Å²) in [5.41, 5.74) is 1.08. The second kappa shape index (κ2) is 3.07. The van der Waals surface area contributed by atoms with Gasteiger partial charge >= 0.3 is 0 Å². The normalized spacial score (nSPS) is 11.4. The maximum atomic E-state index is 4.34. The summed E-state index contributed by atoms with van der Waals surface area (Å²) in [6.07, 6.45) is 4.06. The number of fused-ring (bicyclic) bond motifs is 1.